The Balaban J connectivity index is 1.17. The van der Waals surface area contributed by atoms with Gasteiger partial charge in [0.05, 0.1) is 41.0 Å². The van der Waals surface area contributed by atoms with Crippen molar-refractivity contribution in [3.05, 3.63) is 91.4 Å². The maximum atomic E-state index is 13.0. The van der Waals surface area contributed by atoms with E-state index in [-0.39, 0.29) is 5.91 Å². The van der Waals surface area contributed by atoms with E-state index in [2.05, 4.69) is 64.6 Å². The number of rotatable bonds is 6. The number of hydrogen-bond acceptors (Lipinski definition) is 8. The lowest BCUT2D eigenvalue weighted by atomic mass is 10.1. The van der Waals surface area contributed by atoms with Crippen molar-refractivity contribution in [3.63, 3.8) is 0 Å². The monoisotopic (exact) mass is 544 g/mol. The Labute approximate surface area is 235 Å². The average Bonchev–Trinajstić information content (AvgIpc) is 3.62. The third kappa shape index (κ3) is 4.94. The number of amides is 1. The van der Waals surface area contributed by atoms with E-state index < -0.39 is 0 Å². The second kappa shape index (κ2) is 10.4. The number of pyridine rings is 4. The summed E-state index contributed by atoms with van der Waals surface area (Å²) in [5.41, 5.74) is 6.33. The van der Waals surface area contributed by atoms with E-state index in [1.165, 1.54) is 0 Å². The molecule has 1 aliphatic heterocycles. The van der Waals surface area contributed by atoms with Gasteiger partial charge in [-0.3, -0.25) is 9.78 Å². The van der Waals surface area contributed by atoms with Crippen LogP contribution in [0.5, 0.6) is 0 Å². The van der Waals surface area contributed by atoms with Gasteiger partial charge >= 0.3 is 0 Å². The van der Waals surface area contributed by atoms with Crippen LogP contribution >= 0.6 is 0 Å². The van der Waals surface area contributed by atoms with Crippen molar-refractivity contribution in [3.8, 4) is 11.1 Å². The van der Waals surface area contributed by atoms with Crippen molar-refractivity contribution < 1.29 is 4.79 Å². The molecule has 0 atom stereocenters. The van der Waals surface area contributed by atoms with Crippen LogP contribution in [0.1, 0.15) is 10.4 Å². The molecule has 0 saturated carbocycles. The summed E-state index contributed by atoms with van der Waals surface area (Å²) < 4.78 is 1.70. The fourth-order valence-corrected chi connectivity index (χ4v) is 5.14. The van der Waals surface area contributed by atoms with Crippen LogP contribution in [-0.4, -0.2) is 73.6 Å². The smallest absolute Gasteiger partial charge is 0.259 e. The normalized spacial score (nSPS) is 14.0. The van der Waals surface area contributed by atoms with Crippen molar-refractivity contribution in [2.75, 3.05) is 48.8 Å². The molecule has 1 amide bonds. The van der Waals surface area contributed by atoms with Crippen molar-refractivity contribution in [1.29, 1.82) is 0 Å². The number of aromatic amines is 1. The van der Waals surface area contributed by atoms with E-state index in [4.69, 9.17) is 0 Å². The largest absolute Gasteiger partial charge is 0.354 e. The molecule has 7 heterocycles. The molecule has 1 fully saturated rings. The molecule has 1 saturated heterocycles. The molecule has 0 unspecified atom stereocenters. The van der Waals surface area contributed by atoms with Gasteiger partial charge in [-0.25, -0.2) is 14.5 Å². The third-order valence-electron chi connectivity index (χ3n) is 7.39. The lowest BCUT2D eigenvalue weighted by Gasteiger charge is -2.33. The van der Waals surface area contributed by atoms with Crippen molar-refractivity contribution in [2.45, 2.75) is 0 Å². The van der Waals surface area contributed by atoms with E-state index >= 15 is 0 Å². The predicted octanol–water partition coefficient (Wildman–Crippen LogP) is 4.42. The fourth-order valence-electron chi connectivity index (χ4n) is 5.14. The minimum Gasteiger partial charge on any atom is -0.354 e. The Bertz CT molecular complexity index is 1850. The van der Waals surface area contributed by atoms with Crippen LogP contribution < -0.4 is 15.5 Å². The van der Waals surface area contributed by atoms with Crippen LogP contribution in [0.25, 0.3) is 27.7 Å². The Morgan fingerprint density at radius 2 is 1.83 bits per heavy atom. The molecule has 0 radical (unpaired) electrons. The first-order valence-corrected chi connectivity index (χ1v) is 13.4. The average molecular weight is 545 g/mol. The van der Waals surface area contributed by atoms with Gasteiger partial charge in [-0.2, -0.15) is 5.10 Å². The first-order chi connectivity index (χ1) is 20.1. The number of nitrogens with zero attached hydrogens (tertiary/aromatic N) is 7. The second-order valence-corrected chi connectivity index (χ2v) is 10.1. The summed E-state index contributed by atoms with van der Waals surface area (Å²) in [4.78, 5) is 34.3. The lowest BCUT2D eigenvalue weighted by Crippen LogP contribution is -2.44. The predicted molar refractivity (Wildman–Crippen MR) is 160 cm³/mol. The highest BCUT2D eigenvalue weighted by Crippen LogP contribution is 2.32. The van der Waals surface area contributed by atoms with Crippen LogP contribution in [0.15, 0.2) is 85.8 Å². The summed E-state index contributed by atoms with van der Waals surface area (Å²) >= 11 is 0. The molecule has 0 aliphatic carbocycles. The Kier molecular flexibility index (Phi) is 6.25. The summed E-state index contributed by atoms with van der Waals surface area (Å²) in [5, 5.41) is 11.7. The first kappa shape index (κ1) is 24.7. The lowest BCUT2D eigenvalue weighted by molar-refractivity contribution is 0.102. The third-order valence-corrected chi connectivity index (χ3v) is 7.39. The molecule has 11 heteroatoms. The minimum absolute atomic E-state index is 0.245. The zero-order chi connectivity index (χ0) is 27.8. The second-order valence-electron chi connectivity index (χ2n) is 10.1. The molecule has 204 valence electrons. The molecule has 41 heavy (non-hydrogen) atoms. The molecule has 0 bridgehead atoms. The van der Waals surface area contributed by atoms with Crippen LogP contribution in [0, 0.1) is 0 Å². The fraction of sp³-hybridized carbons (Fsp3) is 0.167. The van der Waals surface area contributed by atoms with Gasteiger partial charge in [0.2, 0.25) is 0 Å². The van der Waals surface area contributed by atoms with Gasteiger partial charge in [-0.05, 0) is 49.0 Å². The molecule has 0 aromatic carbocycles. The summed E-state index contributed by atoms with van der Waals surface area (Å²) in [6.45, 7) is 3.97. The highest BCUT2D eigenvalue weighted by atomic mass is 16.1. The van der Waals surface area contributed by atoms with Crippen molar-refractivity contribution in [1.82, 2.24) is 34.4 Å². The number of H-pyrrole nitrogens is 1. The van der Waals surface area contributed by atoms with E-state index in [0.29, 0.717) is 16.8 Å². The van der Waals surface area contributed by atoms with Crippen LogP contribution in [0.4, 0.5) is 22.9 Å². The topological polar surface area (TPSA) is 119 Å². The summed E-state index contributed by atoms with van der Waals surface area (Å²) in [7, 11) is 2.15. The van der Waals surface area contributed by atoms with Gasteiger partial charge in [0.25, 0.3) is 5.91 Å². The molecule has 7 rings (SSSR count). The Hall–Kier alpha value is -5.29. The molecule has 3 N–H and O–H groups in total. The summed E-state index contributed by atoms with van der Waals surface area (Å²) in [5.74, 6) is 0.725. The zero-order valence-corrected chi connectivity index (χ0v) is 22.5. The molecule has 0 spiro atoms. The van der Waals surface area contributed by atoms with E-state index in [1.54, 1.807) is 35.2 Å². The molecule has 6 aromatic heterocycles. The molecular weight excluding hydrogens is 516 g/mol. The maximum Gasteiger partial charge on any atom is 0.259 e. The molecule has 1 aliphatic rings. The Morgan fingerprint density at radius 1 is 0.927 bits per heavy atom. The van der Waals surface area contributed by atoms with Gasteiger partial charge < -0.3 is 25.4 Å². The standard InChI is InChI=1S/C30H28N10O/c1-38-9-11-39(12-10-38)28-15-21(4-7-32-28)36-23-14-24-25(18-34-29(24)33-17-23)20-5-8-40-27(13-20)26(19-35-40)30(41)37-22-3-2-6-31-16-22/h2-8,13-19H,9-12H2,1H3,(H,32,36)(H,33,34)(H,37,41). The Morgan fingerprint density at radius 3 is 2.68 bits per heavy atom. The van der Waals surface area contributed by atoms with Crippen molar-refractivity contribution in [2.24, 2.45) is 0 Å². The number of aromatic nitrogens is 6. The highest BCUT2D eigenvalue weighted by Gasteiger charge is 2.17. The molecule has 11 nitrogen and oxygen atoms in total. The van der Waals surface area contributed by atoms with Crippen LogP contribution in [0.2, 0.25) is 0 Å². The maximum absolute atomic E-state index is 13.0. The van der Waals surface area contributed by atoms with Gasteiger partial charge in [-0.15, -0.1) is 0 Å². The number of fused-ring (bicyclic) bond motifs is 2. The van der Waals surface area contributed by atoms with E-state index in [0.717, 1.165) is 65.5 Å². The van der Waals surface area contributed by atoms with E-state index in [1.807, 2.05) is 43.0 Å². The van der Waals surface area contributed by atoms with Gasteiger partial charge in [0.15, 0.2) is 0 Å². The number of hydrogen-bond donors (Lipinski definition) is 3. The van der Waals surface area contributed by atoms with Crippen LogP contribution in [0.3, 0.4) is 0 Å². The molecular formula is C30H28N10O. The quantitative estimate of drug-likeness (QED) is 0.282. The van der Waals surface area contributed by atoms with Crippen molar-refractivity contribution >= 4 is 45.3 Å². The number of carbonyl (C=O) groups excluding carboxylic acids is 1. The summed E-state index contributed by atoms with van der Waals surface area (Å²) in [6.07, 6.45) is 12.3. The van der Waals surface area contributed by atoms with Gasteiger partial charge in [-0.1, -0.05) is 0 Å². The number of anilines is 4. The first-order valence-electron chi connectivity index (χ1n) is 13.4. The SMILES string of the molecule is CN1CCN(c2cc(Nc3cnc4[nH]cc(-c5ccn6ncc(C(=O)Nc7cccnc7)c6c5)c4c3)ccn2)CC1. The molecule has 6 aromatic rings. The van der Waals surface area contributed by atoms with Gasteiger partial charge in [0.1, 0.15) is 11.5 Å². The summed E-state index contributed by atoms with van der Waals surface area (Å²) in [6, 6.07) is 13.7. The number of carbonyl (C=O) groups is 1. The van der Waals surface area contributed by atoms with E-state index in [9.17, 15) is 4.79 Å². The minimum atomic E-state index is -0.245. The zero-order valence-electron chi connectivity index (χ0n) is 22.5. The van der Waals surface area contributed by atoms with Gasteiger partial charge in [0, 0.05) is 73.7 Å². The highest BCUT2D eigenvalue weighted by molar-refractivity contribution is 6.09. The number of nitrogens with one attached hydrogen (secondary N) is 3. The number of likely N-dealkylation sites (N-methyl/N-ethyl adjacent to an activating group) is 1. The number of piperazine rings is 1. The van der Waals surface area contributed by atoms with Crippen LogP contribution in [-0.2, 0) is 0 Å².